The predicted molar refractivity (Wildman–Crippen MR) is 68.9 cm³/mol. The van der Waals surface area contributed by atoms with E-state index in [1.807, 2.05) is 20.8 Å². The predicted octanol–water partition coefficient (Wildman–Crippen LogP) is 2.77. The number of hydrogen-bond acceptors (Lipinski definition) is 2. The fourth-order valence-corrected chi connectivity index (χ4v) is 1.70. The minimum atomic E-state index is -0.649. The second-order valence-electron chi connectivity index (χ2n) is 5.19. The normalized spacial score (nSPS) is 13.8. The van der Waals surface area contributed by atoms with Crippen molar-refractivity contribution >= 4 is 11.6 Å². The van der Waals surface area contributed by atoms with Gasteiger partial charge in [-0.05, 0) is 32.9 Å². The molecular formula is C13H19ClFNO. The number of aliphatic hydroxyl groups excluding tert-OH is 1. The molecule has 0 aliphatic rings. The minimum Gasteiger partial charge on any atom is -0.391 e. The van der Waals surface area contributed by atoms with Crippen molar-refractivity contribution in [2.75, 3.05) is 6.54 Å². The van der Waals surface area contributed by atoms with Crippen molar-refractivity contribution in [3.8, 4) is 0 Å². The molecule has 96 valence electrons. The lowest BCUT2D eigenvalue weighted by molar-refractivity contribution is 0.160. The zero-order valence-electron chi connectivity index (χ0n) is 10.4. The molecule has 0 spiro atoms. The van der Waals surface area contributed by atoms with Crippen molar-refractivity contribution in [3.05, 3.63) is 34.6 Å². The average molecular weight is 260 g/mol. The van der Waals surface area contributed by atoms with Gasteiger partial charge < -0.3 is 10.4 Å². The van der Waals surface area contributed by atoms with Crippen molar-refractivity contribution in [2.45, 2.75) is 38.8 Å². The molecule has 0 aliphatic heterocycles. The molecule has 1 unspecified atom stereocenters. The zero-order valence-corrected chi connectivity index (χ0v) is 11.2. The molecule has 1 rings (SSSR count). The highest BCUT2D eigenvalue weighted by Crippen LogP contribution is 2.20. The summed E-state index contributed by atoms with van der Waals surface area (Å²) in [6, 6.07) is 4.54. The maximum Gasteiger partial charge on any atom is 0.127 e. The van der Waals surface area contributed by atoms with Crippen LogP contribution in [0.25, 0.3) is 0 Å². The Labute approximate surface area is 107 Å². The van der Waals surface area contributed by atoms with Gasteiger partial charge in [-0.15, -0.1) is 0 Å². The topological polar surface area (TPSA) is 32.3 Å². The number of halogens is 2. The number of nitrogens with one attached hydrogen (secondary N) is 1. The lowest BCUT2D eigenvalue weighted by Gasteiger charge is -2.23. The molecule has 1 atom stereocenters. The third-order valence-electron chi connectivity index (χ3n) is 2.37. The van der Waals surface area contributed by atoms with Gasteiger partial charge >= 0.3 is 0 Å². The molecule has 0 amide bonds. The number of aliphatic hydroxyl groups is 1. The summed E-state index contributed by atoms with van der Waals surface area (Å²) in [6.07, 6.45) is -0.433. The molecule has 1 aromatic rings. The molecule has 4 heteroatoms. The van der Waals surface area contributed by atoms with Crippen LogP contribution < -0.4 is 5.32 Å². The summed E-state index contributed by atoms with van der Waals surface area (Å²) in [6.45, 7) is 6.44. The van der Waals surface area contributed by atoms with Crippen LogP contribution in [0, 0.1) is 5.82 Å². The van der Waals surface area contributed by atoms with E-state index in [1.165, 1.54) is 6.07 Å². The molecule has 0 saturated heterocycles. The first kappa shape index (κ1) is 14.4. The second-order valence-corrected chi connectivity index (χ2v) is 5.60. The highest BCUT2D eigenvalue weighted by atomic mass is 35.5. The summed E-state index contributed by atoms with van der Waals surface area (Å²) >= 11 is 5.89. The molecule has 17 heavy (non-hydrogen) atoms. The Morgan fingerprint density at radius 1 is 1.41 bits per heavy atom. The van der Waals surface area contributed by atoms with E-state index in [1.54, 1.807) is 12.1 Å². The first-order valence-corrected chi connectivity index (χ1v) is 6.03. The Balaban J connectivity index is 2.59. The largest absolute Gasteiger partial charge is 0.391 e. The minimum absolute atomic E-state index is 0.0694. The monoisotopic (exact) mass is 259 g/mol. The van der Waals surface area contributed by atoms with E-state index >= 15 is 0 Å². The lowest BCUT2D eigenvalue weighted by atomic mass is 10.1. The number of rotatable bonds is 4. The van der Waals surface area contributed by atoms with Crippen LogP contribution in [-0.2, 0) is 6.42 Å². The fraction of sp³-hybridized carbons (Fsp3) is 0.538. The smallest absolute Gasteiger partial charge is 0.127 e. The Hall–Kier alpha value is -0.640. The van der Waals surface area contributed by atoms with Crippen LogP contribution in [-0.4, -0.2) is 23.3 Å². The maximum absolute atomic E-state index is 13.5. The van der Waals surface area contributed by atoms with Crippen LogP contribution in [0.2, 0.25) is 5.02 Å². The average Bonchev–Trinajstić information content (AvgIpc) is 2.20. The molecule has 0 fully saturated rings. The Kier molecular flexibility index (Phi) is 4.92. The SMILES string of the molecule is CC(C)(C)NCC(O)Cc1c(F)cccc1Cl. The molecule has 0 radical (unpaired) electrons. The third-order valence-corrected chi connectivity index (χ3v) is 2.72. The third kappa shape index (κ3) is 5.02. The van der Waals surface area contributed by atoms with Crippen LogP contribution in [0.4, 0.5) is 4.39 Å². The van der Waals surface area contributed by atoms with Crippen LogP contribution in [0.1, 0.15) is 26.3 Å². The molecule has 0 heterocycles. The highest BCUT2D eigenvalue weighted by Gasteiger charge is 2.15. The van der Waals surface area contributed by atoms with Gasteiger partial charge in [-0.1, -0.05) is 17.7 Å². The van der Waals surface area contributed by atoms with Crippen molar-refractivity contribution in [1.29, 1.82) is 0 Å². The molecular weight excluding hydrogens is 241 g/mol. The standard InChI is InChI=1S/C13H19ClFNO/c1-13(2,3)16-8-9(17)7-10-11(14)5-4-6-12(10)15/h4-6,9,16-17H,7-8H2,1-3H3. The number of hydrogen-bond donors (Lipinski definition) is 2. The first-order chi connectivity index (χ1) is 7.79. The van der Waals surface area contributed by atoms with Crippen LogP contribution in [0.15, 0.2) is 18.2 Å². The van der Waals surface area contributed by atoms with Gasteiger partial charge in [0.25, 0.3) is 0 Å². The van der Waals surface area contributed by atoms with Crippen molar-refractivity contribution in [3.63, 3.8) is 0 Å². The van der Waals surface area contributed by atoms with E-state index < -0.39 is 6.10 Å². The molecule has 0 aromatic heterocycles. The molecule has 2 N–H and O–H groups in total. The first-order valence-electron chi connectivity index (χ1n) is 5.65. The van der Waals surface area contributed by atoms with E-state index in [0.29, 0.717) is 17.1 Å². The van der Waals surface area contributed by atoms with Crippen LogP contribution in [0.5, 0.6) is 0 Å². The van der Waals surface area contributed by atoms with Gasteiger partial charge in [-0.25, -0.2) is 4.39 Å². The Bertz CT molecular complexity index is 356. The van der Waals surface area contributed by atoms with Gasteiger partial charge in [-0.2, -0.15) is 0 Å². The van der Waals surface area contributed by atoms with Crippen LogP contribution in [0.3, 0.4) is 0 Å². The van der Waals surface area contributed by atoms with Crippen molar-refractivity contribution < 1.29 is 9.50 Å². The van der Waals surface area contributed by atoms with Crippen molar-refractivity contribution in [2.24, 2.45) is 0 Å². The van der Waals surface area contributed by atoms with Gasteiger partial charge in [0, 0.05) is 29.1 Å². The molecule has 0 bridgehead atoms. The van der Waals surface area contributed by atoms with Gasteiger partial charge in [0.05, 0.1) is 6.10 Å². The summed E-state index contributed by atoms with van der Waals surface area (Å²) in [5.41, 5.74) is 0.303. The maximum atomic E-state index is 13.5. The molecule has 2 nitrogen and oxygen atoms in total. The van der Waals surface area contributed by atoms with E-state index in [-0.39, 0.29) is 17.8 Å². The summed E-state index contributed by atoms with van der Waals surface area (Å²) in [5.74, 6) is -0.368. The number of β-amino-alcohol motifs (C(OH)–C–C–N with tert-alkyl or cyclic N) is 1. The van der Waals surface area contributed by atoms with Gasteiger partial charge in [-0.3, -0.25) is 0 Å². The molecule has 0 saturated carbocycles. The summed E-state index contributed by atoms with van der Waals surface area (Å²) in [5, 5.41) is 13.4. The lowest BCUT2D eigenvalue weighted by Crippen LogP contribution is -2.41. The summed E-state index contributed by atoms with van der Waals surface area (Å²) in [7, 11) is 0. The van der Waals surface area contributed by atoms with E-state index in [0.717, 1.165) is 0 Å². The molecule has 0 aliphatic carbocycles. The van der Waals surface area contributed by atoms with E-state index in [4.69, 9.17) is 11.6 Å². The Morgan fingerprint density at radius 2 is 2.06 bits per heavy atom. The fourth-order valence-electron chi connectivity index (χ4n) is 1.46. The van der Waals surface area contributed by atoms with Gasteiger partial charge in [0.15, 0.2) is 0 Å². The Morgan fingerprint density at radius 3 is 2.59 bits per heavy atom. The van der Waals surface area contributed by atoms with Crippen molar-refractivity contribution in [1.82, 2.24) is 5.32 Å². The zero-order chi connectivity index (χ0) is 13.1. The highest BCUT2D eigenvalue weighted by molar-refractivity contribution is 6.31. The second kappa shape index (κ2) is 5.80. The van der Waals surface area contributed by atoms with E-state index in [9.17, 15) is 9.50 Å². The van der Waals surface area contributed by atoms with E-state index in [2.05, 4.69) is 5.32 Å². The van der Waals surface area contributed by atoms with Gasteiger partial charge in [0.2, 0.25) is 0 Å². The van der Waals surface area contributed by atoms with Crippen LogP contribution >= 0.6 is 11.6 Å². The van der Waals surface area contributed by atoms with Gasteiger partial charge in [0.1, 0.15) is 5.82 Å². The number of benzene rings is 1. The summed E-state index contributed by atoms with van der Waals surface area (Å²) in [4.78, 5) is 0. The quantitative estimate of drug-likeness (QED) is 0.872. The molecule has 1 aromatic carbocycles. The summed E-state index contributed by atoms with van der Waals surface area (Å²) < 4.78 is 13.5.